The third-order valence-corrected chi connectivity index (χ3v) is 3.56. The summed E-state index contributed by atoms with van der Waals surface area (Å²) >= 11 is 0. The van der Waals surface area contributed by atoms with Crippen LogP contribution >= 0.6 is 0 Å². The Kier molecular flexibility index (Phi) is 3.65. The smallest absolute Gasteiger partial charge is 0.292 e. The first-order valence-electron chi connectivity index (χ1n) is 6.78. The second-order valence-corrected chi connectivity index (χ2v) is 5.21. The molecule has 7 nitrogen and oxygen atoms in total. The lowest BCUT2D eigenvalue weighted by Crippen LogP contribution is -2.26. The molecule has 1 aliphatic rings. The molecule has 0 spiro atoms. The number of hydrogen-bond donors (Lipinski definition) is 2. The molecule has 0 aliphatic carbocycles. The van der Waals surface area contributed by atoms with E-state index < -0.39 is 30.8 Å². The number of rotatable bonds is 4. The number of likely N-dealkylation sites (tertiary alicyclic amines) is 1. The molecule has 0 saturated carbocycles. The standard InChI is InChI=1S/C13H15F2N5O2/c1-16-11(21)10-18-12(22-19-10)9-5-13(14,15)7-20(9)6-8-3-2-4-17-8/h2-4,9,17H,5-7H2,1H3,(H,16,21)/t9-/m0/s1. The highest BCUT2D eigenvalue weighted by Crippen LogP contribution is 2.41. The molecule has 2 aromatic heterocycles. The third-order valence-electron chi connectivity index (χ3n) is 3.56. The van der Waals surface area contributed by atoms with E-state index in [1.54, 1.807) is 17.2 Å². The molecule has 9 heteroatoms. The lowest BCUT2D eigenvalue weighted by atomic mass is 10.2. The van der Waals surface area contributed by atoms with Crippen LogP contribution < -0.4 is 5.32 Å². The molecule has 0 unspecified atom stereocenters. The highest BCUT2D eigenvalue weighted by molar-refractivity contribution is 5.89. The molecule has 1 fully saturated rings. The predicted octanol–water partition coefficient (Wildman–Crippen LogP) is 1.34. The Morgan fingerprint density at radius 1 is 1.64 bits per heavy atom. The van der Waals surface area contributed by atoms with Crippen molar-refractivity contribution in [1.29, 1.82) is 0 Å². The number of alkyl halides is 2. The van der Waals surface area contributed by atoms with Gasteiger partial charge in [0.25, 0.3) is 17.7 Å². The van der Waals surface area contributed by atoms with Gasteiger partial charge in [-0.3, -0.25) is 9.69 Å². The van der Waals surface area contributed by atoms with Crippen LogP contribution in [0.1, 0.15) is 34.7 Å². The summed E-state index contributed by atoms with van der Waals surface area (Å²) in [5.41, 5.74) is 0.814. The number of nitrogens with zero attached hydrogens (tertiary/aromatic N) is 3. The lowest BCUT2D eigenvalue weighted by molar-refractivity contribution is 0.0111. The first-order valence-corrected chi connectivity index (χ1v) is 6.78. The molecule has 3 heterocycles. The summed E-state index contributed by atoms with van der Waals surface area (Å²) < 4.78 is 32.5. The van der Waals surface area contributed by atoms with Crippen molar-refractivity contribution in [2.75, 3.05) is 13.6 Å². The number of carbonyl (C=O) groups is 1. The Hall–Kier alpha value is -2.29. The molecule has 118 valence electrons. The Balaban J connectivity index is 1.82. The van der Waals surface area contributed by atoms with Gasteiger partial charge in [0.2, 0.25) is 5.89 Å². The van der Waals surface area contributed by atoms with Crippen molar-refractivity contribution in [1.82, 2.24) is 25.3 Å². The van der Waals surface area contributed by atoms with Crippen molar-refractivity contribution in [3.8, 4) is 0 Å². The van der Waals surface area contributed by atoms with Crippen molar-refractivity contribution in [3.05, 3.63) is 35.7 Å². The molecular weight excluding hydrogens is 296 g/mol. The minimum absolute atomic E-state index is 0.0299. The van der Waals surface area contributed by atoms with Crippen molar-refractivity contribution in [3.63, 3.8) is 0 Å². The minimum Gasteiger partial charge on any atom is -0.364 e. The maximum Gasteiger partial charge on any atom is 0.292 e. The molecule has 2 N–H and O–H groups in total. The largest absolute Gasteiger partial charge is 0.364 e. The fourth-order valence-corrected chi connectivity index (χ4v) is 2.55. The highest BCUT2D eigenvalue weighted by atomic mass is 19.3. The molecule has 1 amide bonds. The van der Waals surface area contributed by atoms with Crippen LogP contribution in [0.25, 0.3) is 0 Å². The van der Waals surface area contributed by atoms with Gasteiger partial charge < -0.3 is 14.8 Å². The molecule has 0 radical (unpaired) electrons. The van der Waals surface area contributed by atoms with Gasteiger partial charge in [0, 0.05) is 31.9 Å². The first-order chi connectivity index (χ1) is 10.5. The lowest BCUT2D eigenvalue weighted by Gasteiger charge is -2.19. The second-order valence-electron chi connectivity index (χ2n) is 5.21. The maximum absolute atomic E-state index is 13.8. The second kappa shape index (κ2) is 5.48. The zero-order valence-corrected chi connectivity index (χ0v) is 11.8. The zero-order valence-electron chi connectivity index (χ0n) is 11.8. The van der Waals surface area contributed by atoms with Crippen LogP contribution in [0, 0.1) is 0 Å². The number of halogens is 2. The molecule has 22 heavy (non-hydrogen) atoms. The van der Waals surface area contributed by atoms with Crippen LogP contribution in [0.2, 0.25) is 0 Å². The molecule has 1 aliphatic heterocycles. The average Bonchev–Trinajstić information content (AvgIpc) is 3.18. The Bertz CT molecular complexity index is 655. The van der Waals surface area contributed by atoms with E-state index in [2.05, 4.69) is 20.4 Å². The fourth-order valence-electron chi connectivity index (χ4n) is 2.55. The predicted molar refractivity (Wildman–Crippen MR) is 71.2 cm³/mol. The van der Waals surface area contributed by atoms with E-state index in [9.17, 15) is 13.6 Å². The maximum atomic E-state index is 13.8. The quantitative estimate of drug-likeness (QED) is 0.890. The average molecular weight is 311 g/mol. The van der Waals surface area contributed by atoms with Gasteiger partial charge in [0.1, 0.15) is 0 Å². The number of carbonyl (C=O) groups excluding carboxylic acids is 1. The van der Waals surface area contributed by atoms with E-state index >= 15 is 0 Å². The summed E-state index contributed by atoms with van der Waals surface area (Å²) in [6.45, 7) is -0.0840. The van der Waals surface area contributed by atoms with Crippen LogP contribution in [-0.4, -0.2) is 45.4 Å². The molecule has 2 aromatic rings. The van der Waals surface area contributed by atoms with Crippen LogP contribution in [-0.2, 0) is 6.54 Å². The van der Waals surface area contributed by atoms with Gasteiger partial charge in [0.15, 0.2) is 0 Å². The van der Waals surface area contributed by atoms with Crippen molar-refractivity contribution < 1.29 is 18.1 Å². The monoisotopic (exact) mass is 311 g/mol. The van der Waals surface area contributed by atoms with Gasteiger partial charge in [-0.15, -0.1) is 0 Å². The van der Waals surface area contributed by atoms with E-state index in [0.717, 1.165) is 5.69 Å². The minimum atomic E-state index is -2.83. The fraction of sp³-hybridized carbons (Fsp3) is 0.462. The van der Waals surface area contributed by atoms with E-state index in [1.165, 1.54) is 7.05 Å². The SMILES string of the molecule is CNC(=O)c1noc([C@@H]2CC(F)(F)CN2Cc2ccc[nH]2)n1. The molecule has 0 aromatic carbocycles. The summed E-state index contributed by atoms with van der Waals surface area (Å²) in [4.78, 5) is 19.9. The normalized spacial score (nSPS) is 21.1. The third kappa shape index (κ3) is 2.84. The summed E-state index contributed by atoms with van der Waals surface area (Å²) in [6.07, 6.45) is 1.32. The molecule has 1 saturated heterocycles. The highest BCUT2D eigenvalue weighted by Gasteiger charge is 2.47. The van der Waals surface area contributed by atoms with Gasteiger partial charge >= 0.3 is 0 Å². The Morgan fingerprint density at radius 2 is 2.45 bits per heavy atom. The van der Waals surface area contributed by atoms with Crippen LogP contribution in [0.4, 0.5) is 8.78 Å². The molecule has 1 atom stereocenters. The van der Waals surface area contributed by atoms with Crippen LogP contribution in [0.3, 0.4) is 0 Å². The summed E-state index contributed by atoms with van der Waals surface area (Å²) in [5, 5.41) is 5.89. The van der Waals surface area contributed by atoms with E-state index in [-0.39, 0.29) is 11.7 Å². The van der Waals surface area contributed by atoms with Crippen LogP contribution in [0.5, 0.6) is 0 Å². The number of amides is 1. The van der Waals surface area contributed by atoms with E-state index in [0.29, 0.717) is 6.54 Å². The first kappa shape index (κ1) is 14.6. The van der Waals surface area contributed by atoms with Gasteiger partial charge in [-0.05, 0) is 12.1 Å². The molecule has 3 rings (SSSR count). The van der Waals surface area contributed by atoms with E-state index in [4.69, 9.17) is 4.52 Å². The Morgan fingerprint density at radius 3 is 3.14 bits per heavy atom. The number of aromatic nitrogens is 3. The van der Waals surface area contributed by atoms with Crippen molar-refractivity contribution in [2.45, 2.75) is 24.9 Å². The van der Waals surface area contributed by atoms with Crippen LogP contribution in [0.15, 0.2) is 22.9 Å². The van der Waals surface area contributed by atoms with E-state index in [1.807, 2.05) is 6.07 Å². The Labute approximate surface area is 124 Å². The number of H-pyrrole nitrogens is 1. The van der Waals surface area contributed by atoms with Gasteiger partial charge in [-0.2, -0.15) is 4.98 Å². The number of aromatic amines is 1. The molecule has 0 bridgehead atoms. The van der Waals surface area contributed by atoms with Crippen molar-refractivity contribution in [2.24, 2.45) is 0 Å². The van der Waals surface area contributed by atoms with Gasteiger partial charge in [-0.25, -0.2) is 8.78 Å². The summed E-state index contributed by atoms with van der Waals surface area (Å²) in [7, 11) is 1.43. The topological polar surface area (TPSA) is 87.0 Å². The van der Waals surface area contributed by atoms with Gasteiger partial charge in [0.05, 0.1) is 12.6 Å². The molecular formula is C13H15F2N5O2. The van der Waals surface area contributed by atoms with Crippen molar-refractivity contribution >= 4 is 5.91 Å². The summed E-state index contributed by atoms with van der Waals surface area (Å²) in [6, 6.07) is 2.90. The van der Waals surface area contributed by atoms with Gasteiger partial charge in [-0.1, -0.05) is 5.16 Å². The number of nitrogens with one attached hydrogen (secondary N) is 2. The zero-order chi connectivity index (χ0) is 15.7. The summed E-state index contributed by atoms with van der Waals surface area (Å²) in [5.74, 6) is -3.48. The number of hydrogen-bond acceptors (Lipinski definition) is 5.